The van der Waals surface area contributed by atoms with E-state index in [0.29, 0.717) is 18.3 Å². The first kappa shape index (κ1) is 14.8. The summed E-state index contributed by atoms with van der Waals surface area (Å²) in [6.07, 6.45) is 0.617. The third kappa shape index (κ3) is 3.38. The summed E-state index contributed by atoms with van der Waals surface area (Å²) in [5.74, 6) is 0.782. The Balaban J connectivity index is 2.93. The minimum atomic E-state index is -0.328. The summed E-state index contributed by atoms with van der Waals surface area (Å²) in [7, 11) is 0. The molecule has 1 aromatic heterocycles. The van der Waals surface area contributed by atoms with Crippen molar-refractivity contribution in [1.82, 2.24) is 10.1 Å². The zero-order chi connectivity index (χ0) is 13.7. The van der Waals surface area contributed by atoms with Crippen molar-refractivity contribution in [3.63, 3.8) is 0 Å². The lowest BCUT2D eigenvalue weighted by molar-refractivity contribution is -0.119. The molecule has 0 fully saturated rings. The Morgan fingerprint density at radius 3 is 2.50 bits per heavy atom. The van der Waals surface area contributed by atoms with E-state index in [-0.39, 0.29) is 23.7 Å². The molecule has 0 aromatic carbocycles. The molecule has 0 spiro atoms. The molecule has 1 aromatic rings. The Morgan fingerprint density at radius 1 is 1.39 bits per heavy atom. The second-order valence-corrected chi connectivity index (χ2v) is 4.68. The highest BCUT2D eigenvalue weighted by Gasteiger charge is 2.28. The maximum atomic E-state index is 11.6. The van der Waals surface area contributed by atoms with Crippen molar-refractivity contribution in [3.8, 4) is 0 Å². The fourth-order valence-corrected chi connectivity index (χ4v) is 2.01. The average Bonchev–Trinajstić information content (AvgIpc) is 2.73. The number of carbonyl (C=O) groups is 1. The summed E-state index contributed by atoms with van der Waals surface area (Å²) < 4.78 is 10.7. The van der Waals surface area contributed by atoms with E-state index in [1.165, 1.54) is 0 Å². The van der Waals surface area contributed by atoms with Gasteiger partial charge in [-0.1, -0.05) is 25.9 Å². The molecular weight excluding hydrogens is 232 g/mol. The molecule has 1 rings (SSSR count). The SMILES string of the molecule is CCOC(CC)c1noc(C(C(C)=O)C(C)C)n1. The van der Waals surface area contributed by atoms with Crippen molar-refractivity contribution in [2.45, 2.75) is 53.1 Å². The maximum absolute atomic E-state index is 11.6. The van der Waals surface area contributed by atoms with Crippen LogP contribution in [0.2, 0.25) is 0 Å². The standard InChI is InChI=1S/C13H22N2O3/c1-6-10(17-7-2)12-14-13(18-15-12)11(8(3)4)9(5)16/h8,10-11H,6-7H2,1-5H3. The van der Waals surface area contributed by atoms with Crippen molar-refractivity contribution >= 4 is 5.78 Å². The number of Topliss-reactive ketones (excluding diaryl/α,β-unsaturated/α-hetero) is 1. The Kier molecular flexibility index (Phi) is 5.47. The molecule has 1 heterocycles. The van der Waals surface area contributed by atoms with Gasteiger partial charge < -0.3 is 9.26 Å². The lowest BCUT2D eigenvalue weighted by atomic mass is 9.92. The van der Waals surface area contributed by atoms with Gasteiger partial charge in [0.1, 0.15) is 11.9 Å². The molecule has 18 heavy (non-hydrogen) atoms. The third-order valence-electron chi connectivity index (χ3n) is 2.85. The van der Waals surface area contributed by atoms with Gasteiger partial charge in [-0.3, -0.25) is 4.79 Å². The summed E-state index contributed by atoms with van der Waals surface area (Å²) in [6.45, 7) is 10.0. The number of rotatable bonds is 7. The summed E-state index contributed by atoms with van der Waals surface area (Å²) >= 11 is 0. The van der Waals surface area contributed by atoms with Crippen LogP contribution in [-0.4, -0.2) is 22.5 Å². The third-order valence-corrected chi connectivity index (χ3v) is 2.85. The molecule has 0 amide bonds. The van der Waals surface area contributed by atoms with E-state index in [1.54, 1.807) is 6.92 Å². The Hall–Kier alpha value is -1.23. The maximum Gasteiger partial charge on any atom is 0.237 e. The molecular formula is C13H22N2O3. The van der Waals surface area contributed by atoms with Crippen LogP contribution >= 0.6 is 0 Å². The zero-order valence-electron chi connectivity index (χ0n) is 11.8. The summed E-state index contributed by atoms with van der Waals surface area (Å²) in [5, 5.41) is 3.93. The van der Waals surface area contributed by atoms with Gasteiger partial charge in [-0.2, -0.15) is 4.98 Å². The molecule has 5 nitrogen and oxygen atoms in total. The van der Waals surface area contributed by atoms with E-state index in [2.05, 4.69) is 10.1 Å². The largest absolute Gasteiger partial charge is 0.370 e. The van der Waals surface area contributed by atoms with Crippen LogP contribution in [0.5, 0.6) is 0 Å². The van der Waals surface area contributed by atoms with Crippen LogP contribution in [0, 0.1) is 5.92 Å². The first-order valence-electron chi connectivity index (χ1n) is 6.46. The zero-order valence-corrected chi connectivity index (χ0v) is 11.8. The monoisotopic (exact) mass is 254 g/mol. The predicted molar refractivity (Wildman–Crippen MR) is 67.2 cm³/mol. The van der Waals surface area contributed by atoms with Crippen molar-refractivity contribution < 1.29 is 14.1 Å². The molecule has 5 heteroatoms. The van der Waals surface area contributed by atoms with Crippen molar-refractivity contribution in [3.05, 3.63) is 11.7 Å². The summed E-state index contributed by atoms with van der Waals surface area (Å²) in [6, 6.07) is 0. The molecule has 0 N–H and O–H groups in total. The van der Waals surface area contributed by atoms with Crippen LogP contribution in [0.25, 0.3) is 0 Å². The highest BCUT2D eigenvalue weighted by atomic mass is 16.5. The molecule has 2 unspecified atom stereocenters. The number of aromatic nitrogens is 2. The van der Waals surface area contributed by atoms with Crippen LogP contribution in [0.3, 0.4) is 0 Å². The molecule has 0 bridgehead atoms. The summed E-state index contributed by atoms with van der Waals surface area (Å²) in [4.78, 5) is 15.9. The van der Waals surface area contributed by atoms with E-state index >= 15 is 0 Å². The van der Waals surface area contributed by atoms with Crippen molar-refractivity contribution in [1.29, 1.82) is 0 Å². The van der Waals surface area contributed by atoms with Gasteiger partial charge in [0.25, 0.3) is 0 Å². The topological polar surface area (TPSA) is 65.2 Å². The van der Waals surface area contributed by atoms with E-state index in [0.717, 1.165) is 6.42 Å². The number of hydrogen-bond donors (Lipinski definition) is 0. The predicted octanol–water partition coefficient (Wildman–Crippen LogP) is 2.89. The average molecular weight is 254 g/mol. The Bertz CT molecular complexity index is 387. The molecule has 0 aliphatic carbocycles. The first-order valence-corrected chi connectivity index (χ1v) is 6.46. The van der Waals surface area contributed by atoms with Gasteiger partial charge >= 0.3 is 0 Å². The highest BCUT2D eigenvalue weighted by Crippen LogP contribution is 2.26. The van der Waals surface area contributed by atoms with Gasteiger partial charge in [-0.05, 0) is 26.2 Å². The Labute approximate surface area is 108 Å². The van der Waals surface area contributed by atoms with E-state index in [9.17, 15) is 4.79 Å². The number of ketones is 1. The van der Waals surface area contributed by atoms with Crippen molar-refractivity contribution in [2.24, 2.45) is 5.92 Å². The number of nitrogens with zero attached hydrogens (tertiary/aromatic N) is 2. The second-order valence-electron chi connectivity index (χ2n) is 4.68. The van der Waals surface area contributed by atoms with Gasteiger partial charge in [-0.25, -0.2) is 0 Å². The van der Waals surface area contributed by atoms with Crippen LogP contribution in [-0.2, 0) is 9.53 Å². The molecule has 0 aliphatic rings. The first-order chi connectivity index (χ1) is 8.51. The number of ether oxygens (including phenoxy) is 1. The molecule has 102 valence electrons. The quantitative estimate of drug-likeness (QED) is 0.748. The molecule has 0 radical (unpaired) electrons. The van der Waals surface area contributed by atoms with Crippen molar-refractivity contribution in [2.75, 3.05) is 6.61 Å². The Morgan fingerprint density at radius 2 is 2.06 bits per heavy atom. The van der Waals surface area contributed by atoms with Gasteiger partial charge in [-0.15, -0.1) is 0 Å². The second kappa shape index (κ2) is 6.64. The molecule has 0 saturated carbocycles. The highest BCUT2D eigenvalue weighted by molar-refractivity contribution is 5.82. The molecule has 2 atom stereocenters. The molecule has 0 aliphatic heterocycles. The molecule has 0 saturated heterocycles. The van der Waals surface area contributed by atoms with Gasteiger partial charge in [0, 0.05) is 6.61 Å². The minimum absolute atomic E-state index is 0.0460. The van der Waals surface area contributed by atoms with Gasteiger partial charge in [0.05, 0.1) is 5.92 Å². The van der Waals surface area contributed by atoms with Gasteiger partial charge in [0.2, 0.25) is 11.7 Å². The minimum Gasteiger partial charge on any atom is -0.370 e. The van der Waals surface area contributed by atoms with Crippen LogP contribution in [0.15, 0.2) is 4.52 Å². The van der Waals surface area contributed by atoms with Crippen LogP contribution < -0.4 is 0 Å². The number of hydrogen-bond acceptors (Lipinski definition) is 5. The fraction of sp³-hybridized carbons (Fsp3) is 0.769. The van der Waals surface area contributed by atoms with E-state index in [1.807, 2.05) is 27.7 Å². The van der Waals surface area contributed by atoms with E-state index < -0.39 is 0 Å². The lowest BCUT2D eigenvalue weighted by Crippen LogP contribution is -2.16. The van der Waals surface area contributed by atoms with Gasteiger partial charge in [0.15, 0.2) is 0 Å². The van der Waals surface area contributed by atoms with E-state index in [4.69, 9.17) is 9.26 Å². The smallest absolute Gasteiger partial charge is 0.237 e. The normalized spacial score (nSPS) is 14.8. The van der Waals surface area contributed by atoms with Crippen LogP contribution in [0.4, 0.5) is 0 Å². The fourth-order valence-electron chi connectivity index (χ4n) is 2.01. The van der Waals surface area contributed by atoms with Crippen LogP contribution in [0.1, 0.15) is 64.8 Å². The summed E-state index contributed by atoms with van der Waals surface area (Å²) in [5.41, 5.74) is 0. The number of carbonyl (C=O) groups excluding carboxylic acids is 1. The lowest BCUT2D eigenvalue weighted by Gasteiger charge is -2.12.